The fourth-order valence-electron chi connectivity index (χ4n) is 2.78. The van der Waals surface area contributed by atoms with Gasteiger partial charge in [0.05, 0.1) is 0 Å². The number of hydrogen-bond acceptors (Lipinski definition) is 1. The third-order valence-corrected chi connectivity index (χ3v) is 4.19. The van der Waals surface area contributed by atoms with Crippen molar-refractivity contribution >= 4 is 8.32 Å². The van der Waals surface area contributed by atoms with E-state index in [0.717, 1.165) is 11.8 Å². The van der Waals surface area contributed by atoms with Crippen LogP contribution in [0.4, 0.5) is 0 Å². The summed E-state index contributed by atoms with van der Waals surface area (Å²) in [7, 11) is -1.26. The van der Waals surface area contributed by atoms with Crippen LogP contribution in [-0.2, 0) is 4.43 Å². The molecule has 0 spiro atoms. The Morgan fingerprint density at radius 3 is 2.25 bits per heavy atom. The lowest BCUT2D eigenvalue weighted by Crippen LogP contribution is -2.34. The van der Waals surface area contributed by atoms with Gasteiger partial charge < -0.3 is 4.43 Å². The van der Waals surface area contributed by atoms with Crippen molar-refractivity contribution in [2.45, 2.75) is 51.4 Å². The maximum atomic E-state index is 6.17. The molecule has 0 amide bonds. The second kappa shape index (κ2) is 2.84. The summed E-state index contributed by atoms with van der Waals surface area (Å²) < 4.78 is 6.17. The average molecular weight is 184 g/mol. The summed E-state index contributed by atoms with van der Waals surface area (Å²) in [5.74, 6) is 1.96. The molecular formula is C10H20OSi. The molecule has 2 rings (SSSR count). The van der Waals surface area contributed by atoms with E-state index in [-0.39, 0.29) is 0 Å². The zero-order chi connectivity index (χ0) is 8.77. The molecule has 2 aliphatic carbocycles. The standard InChI is InChI=1S/C10H20OSi/c1-12(2,3)11-10-7-8-4-5-9(10)6-8/h8-10H,4-7H2,1-3H3/t8-,9+,10?/m1/s1. The zero-order valence-corrected chi connectivity index (χ0v) is 9.47. The molecule has 2 bridgehead atoms. The lowest BCUT2D eigenvalue weighted by Gasteiger charge is -2.29. The summed E-state index contributed by atoms with van der Waals surface area (Å²) in [6.45, 7) is 6.91. The van der Waals surface area contributed by atoms with Gasteiger partial charge in [0.1, 0.15) is 0 Å². The highest BCUT2D eigenvalue weighted by atomic mass is 28.4. The zero-order valence-electron chi connectivity index (χ0n) is 8.47. The van der Waals surface area contributed by atoms with Crippen molar-refractivity contribution in [3.8, 4) is 0 Å². The van der Waals surface area contributed by atoms with Gasteiger partial charge in [-0.2, -0.15) is 0 Å². The van der Waals surface area contributed by atoms with Gasteiger partial charge in [-0.1, -0.05) is 0 Å². The van der Waals surface area contributed by atoms with Gasteiger partial charge in [0, 0.05) is 6.10 Å². The van der Waals surface area contributed by atoms with Crippen LogP contribution in [0.5, 0.6) is 0 Å². The maximum Gasteiger partial charge on any atom is 0.184 e. The van der Waals surface area contributed by atoms with Crippen LogP contribution in [-0.4, -0.2) is 14.4 Å². The third kappa shape index (κ3) is 1.74. The van der Waals surface area contributed by atoms with E-state index in [4.69, 9.17) is 4.43 Å². The molecular weight excluding hydrogens is 164 g/mol. The van der Waals surface area contributed by atoms with Crippen LogP contribution in [0.3, 0.4) is 0 Å². The summed E-state index contributed by atoms with van der Waals surface area (Å²) in [6, 6.07) is 0. The lowest BCUT2D eigenvalue weighted by molar-refractivity contribution is 0.131. The van der Waals surface area contributed by atoms with Crippen LogP contribution < -0.4 is 0 Å². The van der Waals surface area contributed by atoms with Gasteiger partial charge in [-0.05, 0) is 57.2 Å². The van der Waals surface area contributed by atoms with E-state index in [1.54, 1.807) is 0 Å². The topological polar surface area (TPSA) is 9.23 Å². The number of rotatable bonds is 2. The molecule has 2 fully saturated rings. The van der Waals surface area contributed by atoms with Crippen LogP contribution in [0.2, 0.25) is 19.6 Å². The molecule has 0 aromatic rings. The number of hydrogen-bond donors (Lipinski definition) is 0. The van der Waals surface area contributed by atoms with Crippen molar-refractivity contribution < 1.29 is 4.43 Å². The van der Waals surface area contributed by atoms with Crippen molar-refractivity contribution in [1.29, 1.82) is 0 Å². The van der Waals surface area contributed by atoms with Crippen LogP contribution >= 0.6 is 0 Å². The summed E-state index contributed by atoms with van der Waals surface area (Å²) in [4.78, 5) is 0. The first kappa shape index (κ1) is 8.76. The highest BCUT2D eigenvalue weighted by Crippen LogP contribution is 2.46. The predicted octanol–water partition coefficient (Wildman–Crippen LogP) is 3.03. The molecule has 0 aliphatic heterocycles. The molecule has 2 heteroatoms. The van der Waals surface area contributed by atoms with Crippen molar-refractivity contribution in [1.82, 2.24) is 0 Å². The lowest BCUT2D eigenvalue weighted by atomic mass is 9.98. The molecule has 0 aromatic heterocycles. The second-order valence-corrected chi connectivity index (χ2v) is 9.90. The Balaban J connectivity index is 1.91. The monoisotopic (exact) mass is 184 g/mol. The molecule has 0 aromatic carbocycles. The largest absolute Gasteiger partial charge is 0.414 e. The van der Waals surface area contributed by atoms with E-state index in [1.165, 1.54) is 25.7 Å². The minimum absolute atomic E-state index is 0.649. The van der Waals surface area contributed by atoms with E-state index >= 15 is 0 Å². The first-order chi connectivity index (χ1) is 5.54. The first-order valence-corrected chi connectivity index (χ1v) is 8.63. The Morgan fingerprint density at radius 1 is 1.08 bits per heavy atom. The molecule has 0 saturated heterocycles. The molecule has 3 atom stereocenters. The van der Waals surface area contributed by atoms with Crippen molar-refractivity contribution in [3.05, 3.63) is 0 Å². The average Bonchev–Trinajstić information content (AvgIpc) is 2.42. The third-order valence-electron chi connectivity index (χ3n) is 3.18. The van der Waals surface area contributed by atoms with E-state index in [0.29, 0.717) is 6.10 Å². The Hall–Kier alpha value is 0.177. The molecule has 0 radical (unpaired) electrons. The molecule has 70 valence electrons. The van der Waals surface area contributed by atoms with Crippen molar-refractivity contribution in [2.24, 2.45) is 11.8 Å². The van der Waals surface area contributed by atoms with Crippen molar-refractivity contribution in [3.63, 3.8) is 0 Å². The molecule has 2 saturated carbocycles. The van der Waals surface area contributed by atoms with Crippen LogP contribution in [0.1, 0.15) is 25.7 Å². The molecule has 2 aliphatic rings. The number of fused-ring (bicyclic) bond motifs is 2. The Bertz CT molecular complexity index is 173. The minimum atomic E-state index is -1.26. The van der Waals surface area contributed by atoms with Crippen LogP contribution in [0.25, 0.3) is 0 Å². The van der Waals surface area contributed by atoms with Gasteiger partial charge in [-0.15, -0.1) is 0 Å². The van der Waals surface area contributed by atoms with Gasteiger partial charge in [0.15, 0.2) is 8.32 Å². The van der Waals surface area contributed by atoms with Gasteiger partial charge in [-0.3, -0.25) is 0 Å². The Kier molecular flexibility index (Phi) is 2.08. The predicted molar refractivity (Wildman–Crippen MR) is 53.7 cm³/mol. The highest BCUT2D eigenvalue weighted by molar-refractivity contribution is 6.69. The summed E-state index contributed by atoms with van der Waals surface area (Å²) in [5.41, 5.74) is 0. The van der Waals surface area contributed by atoms with Gasteiger partial charge in [-0.25, -0.2) is 0 Å². The molecule has 12 heavy (non-hydrogen) atoms. The van der Waals surface area contributed by atoms with Crippen LogP contribution in [0.15, 0.2) is 0 Å². The summed E-state index contributed by atoms with van der Waals surface area (Å²) in [6.07, 6.45) is 6.41. The van der Waals surface area contributed by atoms with Gasteiger partial charge in [0.25, 0.3) is 0 Å². The highest BCUT2D eigenvalue weighted by Gasteiger charge is 2.41. The SMILES string of the molecule is C[Si](C)(C)OC1C[C@@H]2CC[C@H]1C2. The van der Waals surface area contributed by atoms with Gasteiger partial charge in [0.2, 0.25) is 0 Å². The molecule has 1 nitrogen and oxygen atoms in total. The summed E-state index contributed by atoms with van der Waals surface area (Å²) >= 11 is 0. The first-order valence-electron chi connectivity index (χ1n) is 5.22. The van der Waals surface area contributed by atoms with Crippen LogP contribution in [0, 0.1) is 11.8 Å². The molecule has 1 unspecified atom stereocenters. The Morgan fingerprint density at radius 2 is 1.83 bits per heavy atom. The fraction of sp³-hybridized carbons (Fsp3) is 1.00. The smallest absolute Gasteiger partial charge is 0.184 e. The normalized spacial score (nSPS) is 40.8. The van der Waals surface area contributed by atoms with E-state index in [1.807, 2.05) is 0 Å². The molecule has 0 N–H and O–H groups in total. The second-order valence-electron chi connectivity index (χ2n) is 5.44. The maximum absolute atomic E-state index is 6.17. The Labute approximate surface area is 76.6 Å². The van der Waals surface area contributed by atoms with E-state index in [2.05, 4.69) is 19.6 Å². The minimum Gasteiger partial charge on any atom is -0.414 e. The van der Waals surface area contributed by atoms with Crippen molar-refractivity contribution in [2.75, 3.05) is 0 Å². The quantitative estimate of drug-likeness (QED) is 0.599. The molecule has 0 heterocycles. The fourth-order valence-corrected chi connectivity index (χ4v) is 3.98. The van der Waals surface area contributed by atoms with E-state index in [9.17, 15) is 0 Å². The van der Waals surface area contributed by atoms with Gasteiger partial charge >= 0.3 is 0 Å². The summed E-state index contributed by atoms with van der Waals surface area (Å²) in [5, 5.41) is 0. The van der Waals surface area contributed by atoms with E-state index < -0.39 is 8.32 Å².